The standard InChI is InChI=1S/C22H26Cl2N4/c1-3-26(4-2)20-10-8-9-18-21(20)28-14-7-5-6-13-27(22(28)25-18)19-12-11-16(23)15-17(19)24/h8-12,15H,3-7,13-14H2,1-2H3. The normalized spacial score (nSPS) is 14.6. The van der Waals surface area contributed by atoms with Crippen LogP contribution < -0.4 is 9.80 Å². The van der Waals surface area contributed by atoms with Gasteiger partial charge in [0.25, 0.3) is 0 Å². The first-order valence-corrected chi connectivity index (χ1v) is 10.9. The number of halogens is 2. The summed E-state index contributed by atoms with van der Waals surface area (Å²) < 4.78 is 2.38. The highest BCUT2D eigenvalue weighted by Gasteiger charge is 2.24. The first-order chi connectivity index (χ1) is 13.6. The summed E-state index contributed by atoms with van der Waals surface area (Å²) in [7, 11) is 0. The number of fused-ring (bicyclic) bond motifs is 3. The average molecular weight is 417 g/mol. The van der Waals surface area contributed by atoms with Crippen molar-refractivity contribution in [2.75, 3.05) is 29.4 Å². The highest BCUT2D eigenvalue weighted by atomic mass is 35.5. The summed E-state index contributed by atoms with van der Waals surface area (Å²) in [6.07, 6.45) is 3.46. The van der Waals surface area contributed by atoms with Crippen LogP contribution in [-0.4, -0.2) is 29.2 Å². The maximum atomic E-state index is 6.58. The lowest BCUT2D eigenvalue weighted by atomic mass is 10.2. The van der Waals surface area contributed by atoms with Crippen LogP contribution in [-0.2, 0) is 6.54 Å². The second-order valence-electron chi connectivity index (χ2n) is 7.19. The van der Waals surface area contributed by atoms with Crippen LogP contribution in [0.2, 0.25) is 10.0 Å². The van der Waals surface area contributed by atoms with Crippen molar-refractivity contribution in [2.24, 2.45) is 0 Å². The zero-order valence-corrected chi connectivity index (χ0v) is 18.0. The molecule has 0 amide bonds. The van der Waals surface area contributed by atoms with E-state index in [9.17, 15) is 0 Å². The fraction of sp³-hybridized carbons (Fsp3) is 0.409. The molecule has 6 heteroatoms. The molecule has 1 aromatic heterocycles. The zero-order chi connectivity index (χ0) is 19.7. The van der Waals surface area contributed by atoms with E-state index in [1.165, 1.54) is 17.6 Å². The molecule has 0 N–H and O–H groups in total. The molecule has 148 valence electrons. The van der Waals surface area contributed by atoms with Crippen LogP contribution in [0.15, 0.2) is 36.4 Å². The average Bonchev–Trinajstić information content (AvgIpc) is 3.02. The van der Waals surface area contributed by atoms with Crippen LogP contribution >= 0.6 is 23.2 Å². The van der Waals surface area contributed by atoms with Crippen molar-refractivity contribution in [3.63, 3.8) is 0 Å². The van der Waals surface area contributed by atoms with Crippen molar-refractivity contribution >= 4 is 51.6 Å². The molecule has 0 spiro atoms. The van der Waals surface area contributed by atoms with Gasteiger partial charge in [-0.25, -0.2) is 4.98 Å². The topological polar surface area (TPSA) is 24.3 Å². The third-order valence-electron chi connectivity index (χ3n) is 5.53. The molecule has 0 saturated carbocycles. The van der Waals surface area contributed by atoms with E-state index in [4.69, 9.17) is 28.2 Å². The summed E-state index contributed by atoms with van der Waals surface area (Å²) in [5.74, 6) is 0.971. The van der Waals surface area contributed by atoms with Crippen LogP contribution in [0.1, 0.15) is 33.1 Å². The molecule has 0 bridgehead atoms. The molecule has 0 fully saturated rings. The lowest BCUT2D eigenvalue weighted by Gasteiger charge is -2.29. The molecule has 3 aromatic rings. The fourth-order valence-corrected chi connectivity index (χ4v) is 4.65. The molecule has 0 aliphatic carbocycles. The molecule has 28 heavy (non-hydrogen) atoms. The van der Waals surface area contributed by atoms with Crippen LogP contribution in [0, 0.1) is 0 Å². The Morgan fingerprint density at radius 2 is 1.79 bits per heavy atom. The fourth-order valence-electron chi connectivity index (χ4n) is 4.14. The number of anilines is 3. The highest BCUT2D eigenvalue weighted by molar-refractivity contribution is 6.36. The maximum Gasteiger partial charge on any atom is 0.211 e. The van der Waals surface area contributed by atoms with E-state index in [1.807, 2.05) is 18.2 Å². The number of rotatable bonds is 4. The summed E-state index contributed by atoms with van der Waals surface area (Å²) in [5, 5.41) is 1.31. The van der Waals surface area contributed by atoms with Crippen molar-refractivity contribution in [1.29, 1.82) is 0 Å². The van der Waals surface area contributed by atoms with E-state index < -0.39 is 0 Å². The quantitative estimate of drug-likeness (QED) is 0.484. The minimum atomic E-state index is 0.651. The first kappa shape index (κ1) is 19.4. The number of aryl methyl sites for hydroxylation is 1. The van der Waals surface area contributed by atoms with Crippen LogP contribution in [0.4, 0.5) is 17.3 Å². The number of imidazole rings is 1. The molecule has 0 unspecified atom stereocenters. The lowest BCUT2D eigenvalue weighted by Crippen LogP contribution is -2.26. The predicted octanol–water partition coefficient (Wildman–Crippen LogP) is 6.51. The van der Waals surface area contributed by atoms with Gasteiger partial charge in [-0.1, -0.05) is 29.3 Å². The molecule has 0 atom stereocenters. The molecule has 4 nitrogen and oxygen atoms in total. The van der Waals surface area contributed by atoms with Gasteiger partial charge in [0.1, 0.15) is 0 Å². The van der Waals surface area contributed by atoms with Gasteiger partial charge in [0.05, 0.1) is 27.4 Å². The molecular weight excluding hydrogens is 391 g/mol. The van der Waals surface area contributed by atoms with Gasteiger partial charge in [0, 0.05) is 31.2 Å². The highest BCUT2D eigenvalue weighted by Crippen LogP contribution is 2.38. The van der Waals surface area contributed by atoms with Gasteiger partial charge in [-0.3, -0.25) is 0 Å². The molecular formula is C22H26Cl2N4. The largest absolute Gasteiger partial charge is 0.370 e. The van der Waals surface area contributed by atoms with Gasteiger partial charge < -0.3 is 14.4 Å². The summed E-state index contributed by atoms with van der Waals surface area (Å²) >= 11 is 12.7. The molecule has 4 rings (SSSR count). The summed E-state index contributed by atoms with van der Waals surface area (Å²) in [5.41, 5.74) is 4.48. The minimum Gasteiger partial charge on any atom is -0.370 e. The summed E-state index contributed by atoms with van der Waals surface area (Å²) in [4.78, 5) is 9.71. The van der Waals surface area contributed by atoms with E-state index in [0.29, 0.717) is 10.0 Å². The molecule has 1 aliphatic heterocycles. The van der Waals surface area contributed by atoms with Gasteiger partial charge in [-0.2, -0.15) is 0 Å². The van der Waals surface area contributed by atoms with Crippen molar-refractivity contribution in [3.05, 3.63) is 46.4 Å². The van der Waals surface area contributed by atoms with Gasteiger partial charge in [-0.05, 0) is 63.4 Å². The molecule has 0 radical (unpaired) electrons. The van der Waals surface area contributed by atoms with E-state index in [2.05, 4.69) is 46.4 Å². The Labute approximate surface area is 176 Å². The maximum absolute atomic E-state index is 6.58. The summed E-state index contributed by atoms with van der Waals surface area (Å²) in [6, 6.07) is 12.1. The Bertz CT molecular complexity index is 978. The third-order valence-corrected chi connectivity index (χ3v) is 6.07. The van der Waals surface area contributed by atoms with E-state index in [-0.39, 0.29) is 0 Å². The number of hydrogen-bond donors (Lipinski definition) is 0. The van der Waals surface area contributed by atoms with Gasteiger partial charge >= 0.3 is 0 Å². The Morgan fingerprint density at radius 1 is 1.00 bits per heavy atom. The van der Waals surface area contributed by atoms with Crippen molar-refractivity contribution in [1.82, 2.24) is 9.55 Å². The Balaban J connectivity index is 1.93. The van der Waals surface area contributed by atoms with E-state index in [0.717, 1.165) is 56.2 Å². The third kappa shape index (κ3) is 3.44. The van der Waals surface area contributed by atoms with E-state index in [1.54, 1.807) is 0 Å². The van der Waals surface area contributed by atoms with Crippen LogP contribution in [0.3, 0.4) is 0 Å². The number of aromatic nitrogens is 2. The van der Waals surface area contributed by atoms with Crippen molar-refractivity contribution in [2.45, 2.75) is 39.7 Å². The summed E-state index contributed by atoms with van der Waals surface area (Å²) in [6.45, 7) is 8.21. The SMILES string of the molecule is CCN(CC)c1cccc2nc3n(c12)CCCCCN3c1ccc(Cl)cc1Cl. The minimum absolute atomic E-state index is 0.651. The molecule has 1 aliphatic rings. The second-order valence-corrected chi connectivity index (χ2v) is 8.03. The molecule has 0 saturated heterocycles. The van der Waals surface area contributed by atoms with Crippen LogP contribution in [0.5, 0.6) is 0 Å². The number of para-hydroxylation sites is 1. The Hall–Kier alpha value is -1.91. The molecule has 2 aromatic carbocycles. The van der Waals surface area contributed by atoms with E-state index >= 15 is 0 Å². The smallest absolute Gasteiger partial charge is 0.211 e. The van der Waals surface area contributed by atoms with Crippen molar-refractivity contribution < 1.29 is 0 Å². The Morgan fingerprint density at radius 3 is 2.54 bits per heavy atom. The first-order valence-electron chi connectivity index (χ1n) is 10.1. The second kappa shape index (κ2) is 8.22. The molecule has 2 heterocycles. The monoisotopic (exact) mass is 416 g/mol. The zero-order valence-electron chi connectivity index (χ0n) is 16.5. The van der Waals surface area contributed by atoms with Crippen molar-refractivity contribution in [3.8, 4) is 0 Å². The van der Waals surface area contributed by atoms with Gasteiger partial charge in [-0.15, -0.1) is 0 Å². The van der Waals surface area contributed by atoms with Gasteiger partial charge in [0.2, 0.25) is 5.95 Å². The number of benzene rings is 2. The number of nitrogens with zero attached hydrogens (tertiary/aromatic N) is 4. The lowest BCUT2D eigenvalue weighted by molar-refractivity contribution is 0.568. The number of hydrogen-bond acceptors (Lipinski definition) is 3. The van der Waals surface area contributed by atoms with Crippen LogP contribution in [0.25, 0.3) is 11.0 Å². The van der Waals surface area contributed by atoms with Gasteiger partial charge in [0.15, 0.2) is 0 Å². The Kier molecular flexibility index (Phi) is 5.70. The predicted molar refractivity (Wildman–Crippen MR) is 121 cm³/mol.